The molecule has 0 atom stereocenters. The lowest BCUT2D eigenvalue weighted by Gasteiger charge is -2.02. The molecule has 0 radical (unpaired) electrons. The van der Waals surface area contributed by atoms with E-state index in [1.165, 1.54) is 0 Å². The summed E-state index contributed by atoms with van der Waals surface area (Å²) in [5.41, 5.74) is 2.48. The molecule has 0 amide bonds. The monoisotopic (exact) mass is 251 g/mol. The predicted octanol–water partition coefficient (Wildman–Crippen LogP) is 1.63. The highest BCUT2D eigenvalue weighted by molar-refractivity contribution is 7.09. The molecule has 6 heteroatoms. The summed E-state index contributed by atoms with van der Waals surface area (Å²) in [5, 5.41) is 16.1. The van der Waals surface area contributed by atoms with Crippen molar-refractivity contribution in [3.63, 3.8) is 0 Å². The Bertz CT molecular complexity index is 531. The Morgan fingerprint density at radius 3 is 2.88 bits per heavy atom. The zero-order valence-corrected chi connectivity index (χ0v) is 10.5. The van der Waals surface area contributed by atoms with E-state index in [0.29, 0.717) is 6.54 Å². The Kier molecular flexibility index (Phi) is 3.23. The third kappa shape index (κ3) is 2.52. The van der Waals surface area contributed by atoms with Crippen molar-refractivity contribution >= 4 is 17.3 Å². The fourth-order valence-electron chi connectivity index (χ4n) is 1.75. The Morgan fingerprint density at radius 1 is 1.53 bits per heavy atom. The third-order valence-corrected chi connectivity index (χ3v) is 3.39. The first-order chi connectivity index (χ1) is 8.08. The molecule has 2 rings (SSSR count). The first-order valence-corrected chi connectivity index (χ1v) is 6.09. The van der Waals surface area contributed by atoms with Gasteiger partial charge in [0, 0.05) is 22.8 Å². The van der Waals surface area contributed by atoms with Crippen molar-refractivity contribution in [2.24, 2.45) is 0 Å². The van der Waals surface area contributed by atoms with Gasteiger partial charge < -0.3 is 5.11 Å². The van der Waals surface area contributed by atoms with E-state index in [1.807, 2.05) is 23.9 Å². The van der Waals surface area contributed by atoms with Crippen molar-refractivity contribution in [3.8, 4) is 0 Å². The number of thiazole rings is 1. The highest BCUT2D eigenvalue weighted by Gasteiger charge is 2.14. The average molecular weight is 251 g/mol. The van der Waals surface area contributed by atoms with Crippen molar-refractivity contribution in [2.45, 2.75) is 26.8 Å². The fourth-order valence-corrected chi connectivity index (χ4v) is 2.35. The average Bonchev–Trinajstić information content (AvgIpc) is 2.83. The van der Waals surface area contributed by atoms with Crippen LogP contribution in [0.2, 0.25) is 0 Å². The molecule has 1 N–H and O–H groups in total. The van der Waals surface area contributed by atoms with Gasteiger partial charge in [-0.3, -0.25) is 9.48 Å². The van der Waals surface area contributed by atoms with E-state index in [2.05, 4.69) is 10.1 Å². The molecule has 0 bridgehead atoms. The summed E-state index contributed by atoms with van der Waals surface area (Å²) in [4.78, 5) is 14.9. The van der Waals surface area contributed by atoms with Crippen LogP contribution in [-0.4, -0.2) is 25.8 Å². The fraction of sp³-hybridized carbons (Fsp3) is 0.364. The Labute approximate surface area is 103 Å². The minimum absolute atomic E-state index is 0.0233. The van der Waals surface area contributed by atoms with Crippen LogP contribution < -0.4 is 0 Å². The minimum atomic E-state index is -0.829. The van der Waals surface area contributed by atoms with Gasteiger partial charge in [-0.2, -0.15) is 5.10 Å². The van der Waals surface area contributed by atoms with Gasteiger partial charge in [0.1, 0.15) is 5.01 Å². The molecule has 2 aromatic heterocycles. The van der Waals surface area contributed by atoms with E-state index >= 15 is 0 Å². The molecule has 0 unspecified atom stereocenters. The van der Waals surface area contributed by atoms with Crippen molar-refractivity contribution in [1.82, 2.24) is 14.8 Å². The predicted molar refractivity (Wildman–Crippen MR) is 64.3 cm³/mol. The molecule has 0 aliphatic carbocycles. The lowest BCUT2D eigenvalue weighted by Crippen LogP contribution is -2.05. The minimum Gasteiger partial charge on any atom is -0.481 e. The molecule has 0 aliphatic rings. The molecular formula is C11H13N3O2S. The third-order valence-electron chi connectivity index (χ3n) is 2.63. The number of nitrogens with zero attached hydrogens (tertiary/aromatic N) is 3. The zero-order chi connectivity index (χ0) is 12.4. The van der Waals surface area contributed by atoms with Crippen LogP contribution >= 0.6 is 11.3 Å². The van der Waals surface area contributed by atoms with E-state index in [1.54, 1.807) is 17.5 Å². The summed E-state index contributed by atoms with van der Waals surface area (Å²) in [7, 11) is 0. The number of carboxylic acid groups (broad SMARTS) is 1. The van der Waals surface area contributed by atoms with Crippen LogP contribution in [0, 0.1) is 13.8 Å². The highest BCUT2D eigenvalue weighted by atomic mass is 32.1. The molecule has 17 heavy (non-hydrogen) atoms. The molecule has 2 aromatic rings. The molecule has 0 aromatic carbocycles. The van der Waals surface area contributed by atoms with Crippen molar-refractivity contribution < 1.29 is 9.90 Å². The van der Waals surface area contributed by atoms with Gasteiger partial charge in [-0.15, -0.1) is 11.3 Å². The maximum Gasteiger partial charge on any atom is 0.307 e. The molecule has 0 spiro atoms. The second-order valence-electron chi connectivity index (χ2n) is 3.80. The summed E-state index contributed by atoms with van der Waals surface area (Å²) < 4.78 is 1.81. The number of aryl methyl sites for hydroxylation is 1. The normalized spacial score (nSPS) is 10.7. The summed E-state index contributed by atoms with van der Waals surface area (Å²) in [6.07, 6.45) is 1.78. The van der Waals surface area contributed by atoms with Gasteiger partial charge in [0.15, 0.2) is 0 Å². The first kappa shape index (κ1) is 11.8. The SMILES string of the molecule is Cc1nn(Cc2nccs2)c(C)c1CC(=O)O. The van der Waals surface area contributed by atoms with Gasteiger partial charge in [-0.25, -0.2) is 4.98 Å². The van der Waals surface area contributed by atoms with Gasteiger partial charge in [-0.1, -0.05) is 0 Å². The molecule has 0 saturated heterocycles. The van der Waals surface area contributed by atoms with Crippen LogP contribution in [0.3, 0.4) is 0 Å². The second-order valence-corrected chi connectivity index (χ2v) is 4.78. The van der Waals surface area contributed by atoms with Gasteiger partial charge in [0.05, 0.1) is 18.7 Å². The number of carbonyl (C=O) groups is 1. The van der Waals surface area contributed by atoms with Crippen LogP contribution in [0.4, 0.5) is 0 Å². The van der Waals surface area contributed by atoms with Crippen LogP contribution in [0.1, 0.15) is 22.0 Å². The summed E-state index contributed by atoms with van der Waals surface area (Å²) in [5.74, 6) is -0.829. The van der Waals surface area contributed by atoms with Crippen molar-refractivity contribution in [1.29, 1.82) is 0 Å². The molecule has 90 valence electrons. The van der Waals surface area contributed by atoms with E-state index < -0.39 is 5.97 Å². The van der Waals surface area contributed by atoms with Gasteiger partial charge in [-0.05, 0) is 13.8 Å². The number of aliphatic carboxylic acids is 1. The quantitative estimate of drug-likeness (QED) is 0.896. The second kappa shape index (κ2) is 4.67. The number of hydrogen-bond acceptors (Lipinski definition) is 4. The number of aromatic nitrogens is 3. The van der Waals surface area contributed by atoms with E-state index in [-0.39, 0.29) is 6.42 Å². The molecular weight excluding hydrogens is 238 g/mol. The van der Waals surface area contributed by atoms with E-state index in [4.69, 9.17) is 5.11 Å². The van der Waals surface area contributed by atoms with E-state index in [0.717, 1.165) is 22.0 Å². The van der Waals surface area contributed by atoms with Crippen LogP contribution in [0.5, 0.6) is 0 Å². The lowest BCUT2D eigenvalue weighted by atomic mass is 10.1. The highest BCUT2D eigenvalue weighted by Crippen LogP contribution is 2.16. The Morgan fingerprint density at radius 2 is 2.29 bits per heavy atom. The summed E-state index contributed by atoms with van der Waals surface area (Å²) in [6, 6.07) is 0. The molecule has 5 nitrogen and oxygen atoms in total. The van der Waals surface area contributed by atoms with Gasteiger partial charge >= 0.3 is 5.97 Å². The maximum absolute atomic E-state index is 10.8. The zero-order valence-electron chi connectivity index (χ0n) is 9.67. The Hall–Kier alpha value is -1.69. The van der Waals surface area contributed by atoms with Crippen LogP contribution in [0.25, 0.3) is 0 Å². The van der Waals surface area contributed by atoms with Gasteiger partial charge in [0.2, 0.25) is 0 Å². The van der Waals surface area contributed by atoms with Gasteiger partial charge in [0.25, 0.3) is 0 Å². The molecule has 0 fully saturated rings. The van der Waals surface area contributed by atoms with Crippen LogP contribution in [0.15, 0.2) is 11.6 Å². The first-order valence-electron chi connectivity index (χ1n) is 5.21. The number of carboxylic acids is 1. The summed E-state index contributed by atoms with van der Waals surface area (Å²) in [6.45, 7) is 4.33. The molecule has 0 saturated carbocycles. The Balaban J connectivity index is 2.27. The molecule has 0 aliphatic heterocycles. The summed E-state index contributed by atoms with van der Waals surface area (Å²) >= 11 is 1.57. The number of hydrogen-bond donors (Lipinski definition) is 1. The molecule has 2 heterocycles. The van der Waals surface area contributed by atoms with Crippen molar-refractivity contribution in [2.75, 3.05) is 0 Å². The number of rotatable bonds is 4. The largest absolute Gasteiger partial charge is 0.481 e. The van der Waals surface area contributed by atoms with Crippen LogP contribution in [-0.2, 0) is 17.8 Å². The topological polar surface area (TPSA) is 68.0 Å². The smallest absolute Gasteiger partial charge is 0.307 e. The van der Waals surface area contributed by atoms with E-state index in [9.17, 15) is 4.79 Å². The maximum atomic E-state index is 10.8. The van der Waals surface area contributed by atoms with Crippen molar-refractivity contribution in [3.05, 3.63) is 33.5 Å². The standard InChI is InChI=1S/C11H13N3O2S/c1-7-9(5-11(15)16)8(2)14(13-7)6-10-12-3-4-17-10/h3-4H,5-6H2,1-2H3,(H,15,16). The lowest BCUT2D eigenvalue weighted by molar-refractivity contribution is -0.136.